The first kappa shape index (κ1) is 20.1. The molecule has 0 saturated heterocycles. The van der Waals surface area contributed by atoms with Gasteiger partial charge in [-0.15, -0.1) is 0 Å². The lowest BCUT2D eigenvalue weighted by Crippen LogP contribution is -2.22. The quantitative estimate of drug-likeness (QED) is 0.293. The first-order valence-electron chi connectivity index (χ1n) is 10.5. The Kier molecular flexibility index (Phi) is 4.97. The highest BCUT2D eigenvalue weighted by molar-refractivity contribution is 9.10. The number of benzene rings is 4. The molecule has 0 aliphatic carbocycles. The largest absolute Gasteiger partial charge is 0.488 e. The van der Waals surface area contributed by atoms with Gasteiger partial charge in [-0.1, -0.05) is 75.8 Å². The van der Waals surface area contributed by atoms with Crippen molar-refractivity contribution in [2.75, 3.05) is 0 Å². The predicted octanol–water partition coefficient (Wildman–Crippen LogP) is 5.95. The van der Waals surface area contributed by atoms with Crippen molar-refractivity contribution in [1.29, 1.82) is 0 Å². The van der Waals surface area contributed by atoms with Crippen molar-refractivity contribution in [3.63, 3.8) is 0 Å². The van der Waals surface area contributed by atoms with Crippen molar-refractivity contribution in [2.24, 2.45) is 0 Å². The molecule has 0 aliphatic rings. The SMILES string of the molecule is O=c1/c(=C/c2cc(Br)ccc2OCc2ccc3ccccc3c2)sc2nc3ccccc3n12. The van der Waals surface area contributed by atoms with Crippen LogP contribution < -0.4 is 14.8 Å². The number of fused-ring (bicyclic) bond motifs is 4. The smallest absolute Gasteiger partial charge is 0.274 e. The Morgan fingerprint density at radius 1 is 0.939 bits per heavy atom. The van der Waals surface area contributed by atoms with Gasteiger partial charge in [0.15, 0.2) is 4.96 Å². The number of para-hydroxylation sites is 2. The van der Waals surface area contributed by atoms with E-state index in [0.717, 1.165) is 32.4 Å². The van der Waals surface area contributed by atoms with Gasteiger partial charge in [0.05, 0.1) is 15.6 Å². The van der Waals surface area contributed by atoms with E-state index in [1.807, 2.05) is 60.7 Å². The summed E-state index contributed by atoms with van der Waals surface area (Å²) in [6.07, 6.45) is 1.89. The Labute approximate surface area is 201 Å². The summed E-state index contributed by atoms with van der Waals surface area (Å²) in [6.45, 7) is 0.440. The third-order valence-electron chi connectivity index (χ3n) is 5.61. The molecule has 0 spiro atoms. The number of ether oxygens (including phenoxy) is 1. The molecule has 0 atom stereocenters. The van der Waals surface area contributed by atoms with Crippen LogP contribution in [0.3, 0.4) is 0 Å². The minimum Gasteiger partial charge on any atom is -0.488 e. The molecule has 0 saturated carbocycles. The number of nitrogens with zero attached hydrogens (tertiary/aromatic N) is 2. The Morgan fingerprint density at radius 3 is 2.67 bits per heavy atom. The molecular weight excluding hydrogens is 496 g/mol. The Bertz CT molecular complexity index is 1770. The van der Waals surface area contributed by atoms with Gasteiger partial charge in [-0.05, 0) is 58.8 Å². The Balaban J connectivity index is 1.38. The molecule has 6 heteroatoms. The van der Waals surface area contributed by atoms with Crippen LogP contribution in [0.4, 0.5) is 0 Å². The lowest BCUT2D eigenvalue weighted by Gasteiger charge is -2.10. The second kappa shape index (κ2) is 8.14. The summed E-state index contributed by atoms with van der Waals surface area (Å²) in [5.74, 6) is 0.724. The number of aromatic nitrogens is 2. The second-order valence-corrected chi connectivity index (χ2v) is 9.71. The van der Waals surface area contributed by atoms with Crippen molar-refractivity contribution >= 4 is 60.1 Å². The van der Waals surface area contributed by atoms with Crippen LogP contribution in [-0.4, -0.2) is 9.38 Å². The van der Waals surface area contributed by atoms with Gasteiger partial charge in [0, 0.05) is 10.0 Å². The number of halogens is 1. The van der Waals surface area contributed by atoms with E-state index < -0.39 is 0 Å². The van der Waals surface area contributed by atoms with E-state index in [-0.39, 0.29) is 5.56 Å². The fourth-order valence-electron chi connectivity index (χ4n) is 4.01. The first-order valence-corrected chi connectivity index (χ1v) is 12.1. The van der Waals surface area contributed by atoms with Gasteiger partial charge in [-0.2, -0.15) is 0 Å². The summed E-state index contributed by atoms with van der Waals surface area (Å²) in [4.78, 5) is 18.5. The molecule has 2 heterocycles. The molecule has 0 bridgehead atoms. The van der Waals surface area contributed by atoms with Crippen molar-refractivity contribution in [3.05, 3.63) is 115 Å². The average molecular weight is 513 g/mol. The van der Waals surface area contributed by atoms with Crippen molar-refractivity contribution in [1.82, 2.24) is 9.38 Å². The standard InChI is InChI=1S/C27H17BrN2O2S/c28-21-11-12-24(32-16-17-9-10-18-5-1-2-6-19(18)13-17)20(14-21)15-25-26(31)30-23-8-4-3-7-22(23)29-27(30)33-25/h1-15H,16H2/b25-15-. The van der Waals surface area contributed by atoms with Gasteiger partial charge in [0.2, 0.25) is 0 Å². The lowest BCUT2D eigenvalue weighted by molar-refractivity contribution is 0.305. The normalized spacial score (nSPS) is 12.2. The highest BCUT2D eigenvalue weighted by Gasteiger charge is 2.12. The van der Waals surface area contributed by atoms with Crippen molar-refractivity contribution in [2.45, 2.75) is 6.61 Å². The second-order valence-electron chi connectivity index (χ2n) is 7.79. The average Bonchev–Trinajstić information content (AvgIpc) is 3.34. The zero-order chi connectivity index (χ0) is 22.4. The molecule has 33 heavy (non-hydrogen) atoms. The molecule has 160 valence electrons. The number of hydrogen-bond donors (Lipinski definition) is 0. The van der Waals surface area contributed by atoms with Crippen LogP contribution in [0, 0.1) is 0 Å². The van der Waals surface area contributed by atoms with E-state index in [0.29, 0.717) is 16.1 Å². The number of imidazole rings is 1. The van der Waals surface area contributed by atoms with E-state index in [2.05, 4.69) is 51.2 Å². The van der Waals surface area contributed by atoms with Crippen LogP contribution in [0.15, 0.2) is 94.2 Å². The minimum absolute atomic E-state index is 0.0656. The lowest BCUT2D eigenvalue weighted by atomic mass is 10.1. The van der Waals surface area contributed by atoms with Crippen LogP contribution in [-0.2, 0) is 6.61 Å². The Hall–Kier alpha value is -3.48. The topological polar surface area (TPSA) is 43.6 Å². The van der Waals surface area contributed by atoms with Gasteiger partial charge < -0.3 is 4.74 Å². The zero-order valence-corrected chi connectivity index (χ0v) is 19.8. The molecule has 0 aliphatic heterocycles. The van der Waals surface area contributed by atoms with Crippen molar-refractivity contribution < 1.29 is 4.74 Å². The summed E-state index contributed by atoms with van der Waals surface area (Å²) in [5, 5.41) is 2.39. The molecule has 6 rings (SSSR count). The molecule has 4 nitrogen and oxygen atoms in total. The number of hydrogen-bond acceptors (Lipinski definition) is 4. The maximum Gasteiger partial charge on any atom is 0.274 e. The highest BCUT2D eigenvalue weighted by Crippen LogP contribution is 2.26. The maximum atomic E-state index is 13.2. The third kappa shape index (κ3) is 3.71. The molecular formula is C27H17BrN2O2S. The van der Waals surface area contributed by atoms with Gasteiger partial charge >= 0.3 is 0 Å². The molecule has 0 radical (unpaired) electrons. The molecule has 4 aromatic carbocycles. The van der Waals surface area contributed by atoms with E-state index >= 15 is 0 Å². The fourth-order valence-corrected chi connectivity index (χ4v) is 5.36. The predicted molar refractivity (Wildman–Crippen MR) is 138 cm³/mol. The van der Waals surface area contributed by atoms with Gasteiger partial charge in [0.25, 0.3) is 5.56 Å². The monoisotopic (exact) mass is 512 g/mol. The van der Waals surface area contributed by atoms with E-state index in [1.54, 1.807) is 4.40 Å². The highest BCUT2D eigenvalue weighted by atomic mass is 79.9. The molecule has 2 aromatic heterocycles. The summed E-state index contributed by atoms with van der Waals surface area (Å²) in [7, 11) is 0. The zero-order valence-electron chi connectivity index (χ0n) is 17.4. The summed E-state index contributed by atoms with van der Waals surface area (Å²) in [6, 6.07) is 28.1. The summed E-state index contributed by atoms with van der Waals surface area (Å²) >= 11 is 4.93. The van der Waals surface area contributed by atoms with E-state index in [9.17, 15) is 4.79 Å². The maximum absolute atomic E-state index is 13.2. The van der Waals surface area contributed by atoms with Crippen LogP contribution in [0.2, 0.25) is 0 Å². The molecule has 0 N–H and O–H groups in total. The van der Waals surface area contributed by atoms with Crippen LogP contribution in [0.1, 0.15) is 11.1 Å². The fraction of sp³-hybridized carbons (Fsp3) is 0.0370. The molecule has 0 fully saturated rings. The van der Waals surface area contributed by atoms with Crippen LogP contribution >= 0.6 is 27.3 Å². The number of thiazole rings is 1. The molecule has 0 amide bonds. The van der Waals surface area contributed by atoms with Crippen LogP contribution in [0.25, 0.3) is 32.8 Å². The van der Waals surface area contributed by atoms with E-state index in [4.69, 9.17) is 4.74 Å². The molecule has 0 unspecified atom stereocenters. The minimum atomic E-state index is -0.0656. The number of rotatable bonds is 4. The van der Waals surface area contributed by atoms with Gasteiger partial charge in [-0.3, -0.25) is 4.79 Å². The van der Waals surface area contributed by atoms with Crippen molar-refractivity contribution in [3.8, 4) is 5.75 Å². The first-order chi connectivity index (χ1) is 16.2. The van der Waals surface area contributed by atoms with Gasteiger partial charge in [-0.25, -0.2) is 9.38 Å². The third-order valence-corrected chi connectivity index (χ3v) is 7.07. The van der Waals surface area contributed by atoms with E-state index in [1.165, 1.54) is 22.1 Å². The van der Waals surface area contributed by atoms with Gasteiger partial charge in [0.1, 0.15) is 12.4 Å². The molecule has 6 aromatic rings. The summed E-state index contributed by atoms with van der Waals surface area (Å²) < 4.78 is 9.42. The Morgan fingerprint density at radius 2 is 1.76 bits per heavy atom. The van der Waals surface area contributed by atoms with Crippen LogP contribution in [0.5, 0.6) is 5.75 Å². The summed E-state index contributed by atoms with van der Waals surface area (Å²) in [5.41, 5.74) is 3.53.